The highest BCUT2D eigenvalue weighted by atomic mass is 16.1. The number of rotatable bonds is 4. The van der Waals surface area contributed by atoms with E-state index in [4.69, 9.17) is 11.5 Å². The van der Waals surface area contributed by atoms with E-state index in [1.807, 2.05) is 0 Å². The summed E-state index contributed by atoms with van der Waals surface area (Å²) in [5.41, 5.74) is 12.9. The van der Waals surface area contributed by atoms with E-state index in [2.05, 4.69) is 12.2 Å². The van der Waals surface area contributed by atoms with Crippen molar-refractivity contribution in [3.63, 3.8) is 0 Å². The minimum absolute atomic E-state index is 0.0763. The first-order valence-corrected chi connectivity index (χ1v) is 6.07. The topological polar surface area (TPSA) is 81.1 Å². The van der Waals surface area contributed by atoms with Crippen LogP contribution in [0.2, 0.25) is 0 Å². The minimum atomic E-state index is -0.0763. The van der Waals surface area contributed by atoms with Crippen LogP contribution >= 0.6 is 0 Å². The summed E-state index contributed by atoms with van der Waals surface area (Å²) in [4.78, 5) is 11.9. The lowest BCUT2D eigenvalue weighted by Crippen LogP contribution is -2.27. The summed E-state index contributed by atoms with van der Waals surface area (Å²) >= 11 is 0. The van der Waals surface area contributed by atoms with Crippen LogP contribution in [-0.2, 0) is 0 Å². The molecule has 5 N–H and O–H groups in total. The average molecular weight is 233 g/mol. The van der Waals surface area contributed by atoms with E-state index in [-0.39, 0.29) is 5.91 Å². The van der Waals surface area contributed by atoms with Gasteiger partial charge in [0.1, 0.15) is 0 Å². The standard InChI is InChI=1S/C13H19N3O/c1-2-3-8-6-12(8)16-13(17)9-4-10(14)7-11(15)5-9/h4-5,7-8,12H,2-3,6,14-15H2,1H3,(H,16,17). The van der Waals surface area contributed by atoms with Crippen molar-refractivity contribution in [2.24, 2.45) is 5.92 Å². The quantitative estimate of drug-likeness (QED) is 0.693. The highest BCUT2D eigenvalue weighted by molar-refractivity contribution is 5.96. The molecule has 2 rings (SSSR count). The Kier molecular flexibility index (Phi) is 3.22. The summed E-state index contributed by atoms with van der Waals surface area (Å²) in [5, 5.41) is 3.01. The smallest absolute Gasteiger partial charge is 0.251 e. The third kappa shape index (κ3) is 2.90. The molecule has 1 aromatic carbocycles. The summed E-state index contributed by atoms with van der Waals surface area (Å²) in [7, 11) is 0. The van der Waals surface area contributed by atoms with Gasteiger partial charge < -0.3 is 16.8 Å². The molecule has 0 aromatic heterocycles. The van der Waals surface area contributed by atoms with Gasteiger partial charge in [-0.05, 0) is 37.0 Å². The van der Waals surface area contributed by atoms with Gasteiger partial charge in [-0.1, -0.05) is 13.3 Å². The van der Waals surface area contributed by atoms with Gasteiger partial charge in [-0.25, -0.2) is 0 Å². The molecule has 1 aromatic rings. The fraction of sp³-hybridized carbons (Fsp3) is 0.462. The fourth-order valence-electron chi connectivity index (χ4n) is 2.17. The van der Waals surface area contributed by atoms with E-state index >= 15 is 0 Å². The largest absolute Gasteiger partial charge is 0.399 e. The van der Waals surface area contributed by atoms with Gasteiger partial charge in [-0.2, -0.15) is 0 Å². The summed E-state index contributed by atoms with van der Waals surface area (Å²) in [5.74, 6) is 0.579. The molecule has 4 heteroatoms. The summed E-state index contributed by atoms with van der Waals surface area (Å²) < 4.78 is 0. The number of amides is 1. The Morgan fingerprint density at radius 3 is 2.59 bits per heavy atom. The van der Waals surface area contributed by atoms with Gasteiger partial charge in [-0.3, -0.25) is 4.79 Å². The maximum Gasteiger partial charge on any atom is 0.251 e. The number of carbonyl (C=O) groups is 1. The zero-order valence-corrected chi connectivity index (χ0v) is 10.1. The Hall–Kier alpha value is -1.71. The third-order valence-corrected chi connectivity index (χ3v) is 3.14. The van der Waals surface area contributed by atoms with Crippen LogP contribution in [0.1, 0.15) is 36.5 Å². The van der Waals surface area contributed by atoms with Crippen LogP contribution in [0.25, 0.3) is 0 Å². The Morgan fingerprint density at radius 2 is 2.00 bits per heavy atom. The van der Waals surface area contributed by atoms with Crippen LogP contribution in [0, 0.1) is 5.92 Å². The fourth-order valence-corrected chi connectivity index (χ4v) is 2.17. The number of nitrogens with two attached hydrogens (primary N) is 2. The normalized spacial score (nSPS) is 22.2. The Morgan fingerprint density at radius 1 is 1.35 bits per heavy atom. The highest BCUT2D eigenvalue weighted by Crippen LogP contribution is 2.34. The molecule has 0 radical (unpaired) electrons. The van der Waals surface area contributed by atoms with Gasteiger partial charge in [-0.15, -0.1) is 0 Å². The van der Waals surface area contributed by atoms with Crippen LogP contribution in [0.15, 0.2) is 18.2 Å². The highest BCUT2D eigenvalue weighted by Gasteiger charge is 2.37. The average Bonchev–Trinajstić information content (AvgIpc) is 2.95. The van der Waals surface area contributed by atoms with Crippen molar-refractivity contribution >= 4 is 17.3 Å². The molecule has 0 bridgehead atoms. The van der Waals surface area contributed by atoms with E-state index in [1.54, 1.807) is 18.2 Å². The van der Waals surface area contributed by atoms with Crippen LogP contribution in [-0.4, -0.2) is 11.9 Å². The molecule has 1 aliphatic carbocycles. The molecular formula is C13H19N3O. The molecule has 0 spiro atoms. The second kappa shape index (κ2) is 4.65. The van der Waals surface area contributed by atoms with Gasteiger partial charge in [0.2, 0.25) is 0 Å². The molecule has 0 saturated heterocycles. The van der Waals surface area contributed by atoms with E-state index in [0.29, 0.717) is 28.9 Å². The molecule has 1 aliphatic rings. The Balaban J connectivity index is 1.96. The van der Waals surface area contributed by atoms with Gasteiger partial charge in [0.05, 0.1) is 0 Å². The number of hydrogen-bond acceptors (Lipinski definition) is 3. The number of benzene rings is 1. The van der Waals surface area contributed by atoms with Crippen LogP contribution in [0.4, 0.5) is 11.4 Å². The van der Waals surface area contributed by atoms with Crippen molar-refractivity contribution in [3.8, 4) is 0 Å². The maximum absolute atomic E-state index is 11.9. The Labute approximate surface area is 101 Å². The van der Waals surface area contributed by atoms with E-state index in [0.717, 1.165) is 6.42 Å². The number of carbonyl (C=O) groups excluding carboxylic acids is 1. The lowest BCUT2D eigenvalue weighted by Gasteiger charge is -2.06. The zero-order chi connectivity index (χ0) is 12.4. The first kappa shape index (κ1) is 11.8. The molecule has 2 unspecified atom stereocenters. The van der Waals surface area contributed by atoms with E-state index in [9.17, 15) is 4.79 Å². The van der Waals surface area contributed by atoms with Crippen LogP contribution < -0.4 is 16.8 Å². The maximum atomic E-state index is 11.9. The summed E-state index contributed by atoms with van der Waals surface area (Å²) in [6, 6.07) is 5.30. The Bertz CT molecular complexity index is 410. The van der Waals surface area contributed by atoms with Crippen molar-refractivity contribution < 1.29 is 4.79 Å². The van der Waals surface area contributed by atoms with E-state index in [1.165, 1.54) is 12.8 Å². The van der Waals surface area contributed by atoms with Crippen molar-refractivity contribution in [2.75, 3.05) is 11.5 Å². The molecule has 0 heterocycles. The van der Waals surface area contributed by atoms with Gasteiger partial charge >= 0.3 is 0 Å². The number of nitrogens with one attached hydrogen (secondary N) is 1. The van der Waals surface area contributed by atoms with Gasteiger partial charge in [0.15, 0.2) is 0 Å². The third-order valence-electron chi connectivity index (χ3n) is 3.14. The number of anilines is 2. The van der Waals surface area contributed by atoms with Gasteiger partial charge in [0.25, 0.3) is 5.91 Å². The molecule has 1 amide bonds. The van der Waals surface area contributed by atoms with Crippen molar-refractivity contribution in [1.82, 2.24) is 5.32 Å². The first-order chi connectivity index (χ1) is 8.10. The predicted octanol–water partition coefficient (Wildman–Crippen LogP) is 1.77. The molecular weight excluding hydrogens is 214 g/mol. The van der Waals surface area contributed by atoms with E-state index < -0.39 is 0 Å². The summed E-state index contributed by atoms with van der Waals surface area (Å²) in [6.07, 6.45) is 3.45. The van der Waals surface area contributed by atoms with Crippen molar-refractivity contribution in [2.45, 2.75) is 32.2 Å². The lowest BCUT2D eigenvalue weighted by atomic mass is 10.1. The molecule has 4 nitrogen and oxygen atoms in total. The first-order valence-electron chi connectivity index (χ1n) is 6.07. The minimum Gasteiger partial charge on any atom is -0.399 e. The molecule has 0 aliphatic heterocycles. The molecule has 17 heavy (non-hydrogen) atoms. The number of hydrogen-bond donors (Lipinski definition) is 3. The van der Waals surface area contributed by atoms with Crippen LogP contribution in [0.5, 0.6) is 0 Å². The SMILES string of the molecule is CCCC1CC1NC(=O)c1cc(N)cc(N)c1. The summed E-state index contributed by atoms with van der Waals surface area (Å²) in [6.45, 7) is 2.16. The van der Waals surface area contributed by atoms with Crippen molar-refractivity contribution in [3.05, 3.63) is 23.8 Å². The molecule has 2 atom stereocenters. The molecule has 1 saturated carbocycles. The second-order valence-electron chi connectivity index (χ2n) is 4.75. The van der Waals surface area contributed by atoms with Crippen LogP contribution in [0.3, 0.4) is 0 Å². The van der Waals surface area contributed by atoms with Crippen molar-refractivity contribution in [1.29, 1.82) is 0 Å². The number of nitrogen functional groups attached to an aromatic ring is 2. The molecule has 1 fully saturated rings. The monoisotopic (exact) mass is 233 g/mol. The molecule has 92 valence electrons. The second-order valence-corrected chi connectivity index (χ2v) is 4.75. The predicted molar refractivity (Wildman–Crippen MR) is 69.5 cm³/mol. The van der Waals surface area contributed by atoms with Gasteiger partial charge in [0, 0.05) is 23.0 Å². The lowest BCUT2D eigenvalue weighted by molar-refractivity contribution is 0.0949. The zero-order valence-electron chi connectivity index (χ0n) is 10.1.